The van der Waals surface area contributed by atoms with Crippen molar-refractivity contribution in [2.45, 2.75) is 23.9 Å². The lowest BCUT2D eigenvalue weighted by Gasteiger charge is -2.23. The van der Waals surface area contributed by atoms with Crippen LogP contribution in [0, 0.1) is 5.82 Å². The lowest BCUT2D eigenvalue weighted by molar-refractivity contribution is 0.180. The molecule has 118 valence electrons. The number of nitrogens with one attached hydrogen (secondary N) is 1. The molecule has 1 aliphatic rings. The van der Waals surface area contributed by atoms with Crippen molar-refractivity contribution in [3.05, 3.63) is 28.0 Å². The van der Waals surface area contributed by atoms with Crippen LogP contribution < -0.4 is 5.32 Å². The third kappa shape index (κ3) is 3.45. The van der Waals surface area contributed by atoms with Crippen LogP contribution in [-0.2, 0) is 21.3 Å². The molecule has 1 fully saturated rings. The SMILES string of the molecule is CNCc1cc(Br)cc(S(=O)(=O)N(C)C2CCOC2)c1F. The highest BCUT2D eigenvalue weighted by molar-refractivity contribution is 9.10. The normalized spacial score (nSPS) is 19.4. The second kappa shape index (κ2) is 6.70. The molecule has 1 atom stereocenters. The fourth-order valence-corrected chi connectivity index (χ4v) is 4.44. The van der Waals surface area contributed by atoms with Gasteiger partial charge >= 0.3 is 0 Å². The van der Waals surface area contributed by atoms with E-state index in [4.69, 9.17) is 4.74 Å². The zero-order valence-corrected chi connectivity index (χ0v) is 14.3. The summed E-state index contributed by atoms with van der Waals surface area (Å²) in [6, 6.07) is 2.63. The van der Waals surface area contributed by atoms with E-state index in [9.17, 15) is 12.8 Å². The number of sulfonamides is 1. The molecular formula is C13H18BrFN2O3S. The molecule has 0 aliphatic carbocycles. The van der Waals surface area contributed by atoms with Crippen LogP contribution in [0.25, 0.3) is 0 Å². The van der Waals surface area contributed by atoms with Gasteiger partial charge in [-0.05, 0) is 25.6 Å². The Morgan fingerprint density at radius 1 is 1.52 bits per heavy atom. The van der Waals surface area contributed by atoms with Crippen molar-refractivity contribution in [2.24, 2.45) is 0 Å². The Bertz CT molecular complexity index is 618. The Morgan fingerprint density at radius 3 is 2.81 bits per heavy atom. The van der Waals surface area contributed by atoms with E-state index in [-0.39, 0.29) is 17.5 Å². The van der Waals surface area contributed by atoms with Gasteiger partial charge in [-0.2, -0.15) is 4.31 Å². The van der Waals surface area contributed by atoms with Gasteiger partial charge in [-0.25, -0.2) is 12.8 Å². The van der Waals surface area contributed by atoms with Crippen LogP contribution in [0.1, 0.15) is 12.0 Å². The highest BCUT2D eigenvalue weighted by Crippen LogP contribution is 2.28. The zero-order chi connectivity index (χ0) is 15.6. The first-order valence-electron chi connectivity index (χ1n) is 6.56. The highest BCUT2D eigenvalue weighted by Gasteiger charge is 2.33. The van der Waals surface area contributed by atoms with Crippen LogP contribution in [0.4, 0.5) is 4.39 Å². The maximum atomic E-state index is 14.5. The van der Waals surface area contributed by atoms with Crippen LogP contribution in [0.15, 0.2) is 21.5 Å². The van der Waals surface area contributed by atoms with E-state index < -0.39 is 15.8 Å². The van der Waals surface area contributed by atoms with Gasteiger partial charge < -0.3 is 10.1 Å². The Kier molecular flexibility index (Phi) is 5.37. The zero-order valence-electron chi connectivity index (χ0n) is 11.9. The molecule has 1 saturated heterocycles. The Labute approximate surface area is 132 Å². The Morgan fingerprint density at radius 2 is 2.24 bits per heavy atom. The van der Waals surface area contributed by atoms with Gasteiger partial charge in [0, 0.05) is 30.2 Å². The van der Waals surface area contributed by atoms with Crippen molar-refractivity contribution in [1.82, 2.24) is 9.62 Å². The monoisotopic (exact) mass is 380 g/mol. The first kappa shape index (κ1) is 16.8. The molecule has 1 aromatic rings. The minimum absolute atomic E-state index is 0.249. The van der Waals surface area contributed by atoms with Gasteiger partial charge in [0.2, 0.25) is 10.0 Å². The topological polar surface area (TPSA) is 58.6 Å². The summed E-state index contributed by atoms with van der Waals surface area (Å²) in [5, 5.41) is 2.83. The molecule has 21 heavy (non-hydrogen) atoms. The van der Waals surface area contributed by atoms with E-state index in [1.54, 1.807) is 13.1 Å². The minimum atomic E-state index is -3.90. The van der Waals surface area contributed by atoms with Crippen molar-refractivity contribution < 1.29 is 17.5 Å². The van der Waals surface area contributed by atoms with E-state index in [0.29, 0.717) is 29.7 Å². The van der Waals surface area contributed by atoms with Gasteiger partial charge in [0.25, 0.3) is 0 Å². The molecule has 1 aliphatic heterocycles. The first-order valence-corrected chi connectivity index (χ1v) is 8.79. The second-order valence-electron chi connectivity index (χ2n) is 4.95. The maximum absolute atomic E-state index is 14.5. The van der Waals surface area contributed by atoms with Gasteiger partial charge in [0.15, 0.2) is 0 Å². The third-order valence-corrected chi connectivity index (χ3v) is 5.89. The second-order valence-corrected chi connectivity index (χ2v) is 7.83. The smallest absolute Gasteiger partial charge is 0.246 e. The highest BCUT2D eigenvalue weighted by atomic mass is 79.9. The number of ether oxygens (including phenoxy) is 1. The van der Waals surface area contributed by atoms with Gasteiger partial charge in [0.1, 0.15) is 10.7 Å². The molecule has 1 heterocycles. The van der Waals surface area contributed by atoms with Crippen molar-refractivity contribution in [3.8, 4) is 0 Å². The number of halogens is 2. The molecule has 0 saturated carbocycles. The summed E-state index contributed by atoms with van der Waals surface area (Å²) in [6.45, 7) is 1.12. The van der Waals surface area contributed by atoms with Crippen LogP contribution in [0.5, 0.6) is 0 Å². The summed E-state index contributed by atoms with van der Waals surface area (Å²) < 4.78 is 46.7. The van der Waals surface area contributed by atoms with Crippen molar-refractivity contribution >= 4 is 26.0 Å². The van der Waals surface area contributed by atoms with Crippen molar-refractivity contribution in [1.29, 1.82) is 0 Å². The summed E-state index contributed by atoms with van der Waals surface area (Å²) >= 11 is 3.24. The van der Waals surface area contributed by atoms with E-state index >= 15 is 0 Å². The Balaban J connectivity index is 2.43. The lowest BCUT2D eigenvalue weighted by atomic mass is 10.2. The minimum Gasteiger partial charge on any atom is -0.380 e. The molecule has 0 spiro atoms. The fourth-order valence-electron chi connectivity index (χ4n) is 2.29. The van der Waals surface area contributed by atoms with Gasteiger partial charge in [-0.1, -0.05) is 15.9 Å². The quantitative estimate of drug-likeness (QED) is 0.844. The molecule has 1 aromatic carbocycles. The fraction of sp³-hybridized carbons (Fsp3) is 0.538. The van der Waals surface area contributed by atoms with Gasteiger partial charge in [-0.15, -0.1) is 0 Å². The molecule has 0 bridgehead atoms. The number of hydrogen-bond acceptors (Lipinski definition) is 4. The van der Waals surface area contributed by atoms with Crippen LogP contribution in [0.2, 0.25) is 0 Å². The van der Waals surface area contributed by atoms with Gasteiger partial charge in [0.05, 0.1) is 12.6 Å². The predicted octanol–water partition coefficient (Wildman–Crippen LogP) is 1.72. The van der Waals surface area contributed by atoms with Crippen LogP contribution in [-0.4, -0.2) is 46.1 Å². The van der Waals surface area contributed by atoms with Crippen molar-refractivity contribution in [2.75, 3.05) is 27.3 Å². The summed E-state index contributed by atoms with van der Waals surface area (Å²) in [7, 11) is -0.754. The molecule has 0 radical (unpaired) electrons. The van der Waals surface area contributed by atoms with E-state index in [2.05, 4.69) is 21.2 Å². The van der Waals surface area contributed by atoms with Gasteiger partial charge in [-0.3, -0.25) is 0 Å². The predicted molar refractivity (Wildman–Crippen MR) is 81.0 cm³/mol. The maximum Gasteiger partial charge on any atom is 0.246 e. The van der Waals surface area contributed by atoms with E-state index in [1.807, 2.05) is 0 Å². The van der Waals surface area contributed by atoms with E-state index in [1.165, 1.54) is 17.4 Å². The lowest BCUT2D eigenvalue weighted by Crippen LogP contribution is -2.37. The number of nitrogens with zero attached hydrogens (tertiary/aromatic N) is 1. The average Bonchev–Trinajstić information content (AvgIpc) is 2.95. The summed E-state index contributed by atoms with van der Waals surface area (Å²) in [5.74, 6) is -0.710. The molecule has 5 nitrogen and oxygen atoms in total. The van der Waals surface area contributed by atoms with E-state index in [0.717, 1.165) is 0 Å². The average molecular weight is 381 g/mol. The Hall–Kier alpha value is -0.540. The van der Waals surface area contributed by atoms with Crippen LogP contribution in [0.3, 0.4) is 0 Å². The molecule has 2 rings (SSSR count). The van der Waals surface area contributed by atoms with Crippen LogP contribution >= 0.6 is 15.9 Å². The standard InChI is InChI=1S/C13H18BrFN2O3S/c1-16-7-9-5-10(14)6-12(13(9)15)21(18,19)17(2)11-3-4-20-8-11/h5-6,11,16H,3-4,7-8H2,1-2H3. The molecule has 1 N–H and O–H groups in total. The molecule has 1 unspecified atom stereocenters. The summed E-state index contributed by atoms with van der Waals surface area (Å²) in [4.78, 5) is -0.309. The number of rotatable bonds is 5. The molecule has 0 amide bonds. The number of likely N-dealkylation sites (N-methyl/N-ethyl adjacent to an activating group) is 1. The molecule has 0 aromatic heterocycles. The first-order chi connectivity index (χ1) is 9.87. The molecule has 8 heteroatoms. The number of hydrogen-bond donors (Lipinski definition) is 1. The third-order valence-electron chi connectivity index (χ3n) is 3.52. The largest absolute Gasteiger partial charge is 0.380 e. The summed E-state index contributed by atoms with van der Waals surface area (Å²) in [6.07, 6.45) is 0.620. The van der Waals surface area contributed by atoms with Crippen molar-refractivity contribution in [3.63, 3.8) is 0 Å². The summed E-state index contributed by atoms with van der Waals surface area (Å²) in [5.41, 5.74) is 0.307. The number of benzene rings is 1. The molecular weight excluding hydrogens is 363 g/mol.